The summed E-state index contributed by atoms with van der Waals surface area (Å²) in [6.45, 7) is 0.352. The fourth-order valence-electron chi connectivity index (χ4n) is 4.10. The van der Waals surface area contributed by atoms with E-state index in [1.807, 2.05) is 36.4 Å². The number of sulfonamides is 1. The molecule has 0 aliphatic carbocycles. The van der Waals surface area contributed by atoms with Gasteiger partial charge in [-0.25, -0.2) is 12.8 Å². The number of halogens is 1. The van der Waals surface area contributed by atoms with Crippen LogP contribution in [0.2, 0.25) is 0 Å². The van der Waals surface area contributed by atoms with Gasteiger partial charge in [-0.3, -0.25) is 0 Å². The Kier molecular flexibility index (Phi) is 10.6. The molecule has 9 heteroatoms. The second-order valence-electron chi connectivity index (χ2n) is 7.81. The molecule has 0 bridgehead atoms. The molecule has 0 radical (unpaired) electrons. The summed E-state index contributed by atoms with van der Waals surface area (Å²) in [4.78, 5) is 10.6. The number of hydrogen-bond donors (Lipinski definition) is 0. The van der Waals surface area contributed by atoms with E-state index >= 15 is 0 Å². The van der Waals surface area contributed by atoms with Gasteiger partial charge in [0.05, 0.1) is 18.0 Å². The Morgan fingerprint density at radius 1 is 1.21 bits per heavy atom. The SMILES string of the molecule is COc1cccc([C@H]2[C@@H](C/C=C\CCCC(=O)[O-])CCN2S(=O)(=O)c2ccc(F)cc2)c1.[Na+]. The molecule has 1 heterocycles. The van der Waals surface area contributed by atoms with Crippen LogP contribution in [0.1, 0.15) is 43.7 Å². The predicted molar refractivity (Wildman–Crippen MR) is 117 cm³/mol. The van der Waals surface area contributed by atoms with E-state index in [0.717, 1.165) is 17.7 Å². The molecule has 6 nitrogen and oxygen atoms in total. The molecule has 1 fully saturated rings. The molecule has 0 spiro atoms. The summed E-state index contributed by atoms with van der Waals surface area (Å²) in [7, 11) is -2.26. The summed E-state index contributed by atoms with van der Waals surface area (Å²) in [6, 6.07) is 11.9. The van der Waals surface area contributed by atoms with Crippen molar-refractivity contribution in [3.05, 3.63) is 72.1 Å². The standard InChI is InChI=1S/C24H28FNO5S.Na/c1-31-21-9-6-8-19(17-21)24-18(7-4-2-3-5-10-23(27)28)15-16-26(24)32(29,30)22-13-11-20(25)12-14-22;/h2,4,6,8-9,11-14,17-18,24H,3,5,7,10,15-16H2,1H3,(H,27,28);/q;+1/p-1/b4-2-;/t18-,24+;/m0./s1. The third-order valence-electron chi connectivity index (χ3n) is 5.69. The maximum Gasteiger partial charge on any atom is 1.00 e. The van der Waals surface area contributed by atoms with Gasteiger partial charge in [0.2, 0.25) is 10.0 Å². The number of nitrogens with zero attached hydrogens (tertiary/aromatic N) is 1. The zero-order valence-electron chi connectivity index (χ0n) is 18.9. The molecule has 2 aromatic carbocycles. The minimum Gasteiger partial charge on any atom is -0.550 e. The van der Waals surface area contributed by atoms with Crippen molar-refractivity contribution in [3.63, 3.8) is 0 Å². The van der Waals surface area contributed by atoms with Gasteiger partial charge in [-0.05, 0) is 80.0 Å². The van der Waals surface area contributed by atoms with Crippen LogP contribution in [0.4, 0.5) is 4.39 Å². The zero-order valence-corrected chi connectivity index (χ0v) is 21.8. The number of carboxylic acid groups (broad SMARTS) is 1. The first kappa shape index (κ1) is 27.5. The Bertz CT molecular complexity index is 1060. The average Bonchev–Trinajstić information content (AvgIpc) is 3.21. The Morgan fingerprint density at radius 2 is 1.94 bits per heavy atom. The summed E-state index contributed by atoms with van der Waals surface area (Å²) in [5, 5.41) is 10.5. The second-order valence-corrected chi connectivity index (χ2v) is 9.70. The first-order chi connectivity index (χ1) is 15.3. The number of methoxy groups -OCH3 is 1. The van der Waals surface area contributed by atoms with Gasteiger partial charge in [0.25, 0.3) is 0 Å². The third kappa shape index (κ3) is 7.13. The van der Waals surface area contributed by atoms with E-state index in [0.29, 0.717) is 38.0 Å². The van der Waals surface area contributed by atoms with E-state index in [1.54, 1.807) is 7.11 Å². The molecule has 0 aromatic heterocycles. The number of carbonyl (C=O) groups excluding carboxylic acids is 1. The smallest absolute Gasteiger partial charge is 0.550 e. The largest absolute Gasteiger partial charge is 1.00 e. The van der Waals surface area contributed by atoms with Gasteiger partial charge in [-0.2, -0.15) is 4.31 Å². The van der Waals surface area contributed by atoms with Crippen molar-refractivity contribution >= 4 is 16.0 Å². The molecule has 1 aliphatic rings. The number of hydrogen-bond acceptors (Lipinski definition) is 5. The molecule has 0 saturated carbocycles. The number of unbranched alkanes of at least 4 members (excludes halogenated alkanes) is 1. The van der Waals surface area contributed by atoms with Crippen molar-refractivity contribution in [2.75, 3.05) is 13.7 Å². The Balaban J connectivity index is 0.00000385. The van der Waals surface area contributed by atoms with Crippen LogP contribution in [-0.4, -0.2) is 32.3 Å². The van der Waals surface area contributed by atoms with Crippen LogP contribution in [0, 0.1) is 11.7 Å². The van der Waals surface area contributed by atoms with E-state index in [4.69, 9.17) is 4.74 Å². The van der Waals surface area contributed by atoms with Crippen molar-refractivity contribution in [1.82, 2.24) is 4.31 Å². The topological polar surface area (TPSA) is 86.7 Å². The zero-order chi connectivity index (χ0) is 23.1. The minimum absolute atomic E-state index is 0. The normalized spacial score (nSPS) is 18.8. The predicted octanol–water partition coefficient (Wildman–Crippen LogP) is 0.457. The first-order valence-electron chi connectivity index (χ1n) is 10.6. The van der Waals surface area contributed by atoms with E-state index < -0.39 is 27.9 Å². The second kappa shape index (κ2) is 12.7. The van der Waals surface area contributed by atoms with Gasteiger partial charge < -0.3 is 14.6 Å². The van der Waals surface area contributed by atoms with Crippen molar-refractivity contribution in [2.24, 2.45) is 5.92 Å². The van der Waals surface area contributed by atoms with Gasteiger partial charge in [-0.1, -0.05) is 24.3 Å². The van der Waals surface area contributed by atoms with Crippen molar-refractivity contribution in [1.29, 1.82) is 0 Å². The average molecular weight is 484 g/mol. The molecule has 1 saturated heterocycles. The molecular formula is C24H27FNNaO5S. The number of carbonyl (C=O) groups is 1. The van der Waals surface area contributed by atoms with Gasteiger partial charge >= 0.3 is 29.6 Å². The van der Waals surface area contributed by atoms with E-state index in [9.17, 15) is 22.7 Å². The van der Waals surface area contributed by atoms with Crippen LogP contribution in [0.25, 0.3) is 0 Å². The maximum atomic E-state index is 13.4. The quantitative estimate of drug-likeness (QED) is 0.278. The Labute approximate surface area is 216 Å². The fourth-order valence-corrected chi connectivity index (χ4v) is 5.79. The van der Waals surface area contributed by atoms with Crippen LogP contribution in [-0.2, 0) is 14.8 Å². The van der Waals surface area contributed by atoms with Crippen LogP contribution in [0.5, 0.6) is 5.75 Å². The third-order valence-corrected chi connectivity index (χ3v) is 7.58. The number of aliphatic carboxylic acids is 1. The molecule has 1 aliphatic heterocycles. The monoisotopic (exact) mass is 483 g/mol. The van der Waals surface area contributed by atoms with Crippen LogP contribution >= 0.6 is 0 Å². The van der Waals surface area contributed by atoms with Gasteiger partial charge in [0.1, 0.15) is 11.6 Å². The fraction of sp³-hybridized carbons (Fsp3) is 0.375. The maximum absolute atomic E-state index is 13.4. The molecule has 172 valence electrons. The molecule has 0 N–H and O–H groups in total. The first-order valence-corrected chi connectivity index (χ1v) is 12.0. The number of allylic oxidation sites excluding steroid dienone is 2. The summed E-state index contributed by atoms with van der Waals surface area (Å²) >= 11 is 0. The minimum atomic E-state index is -3.82. The summed E-state index contributed by atoms with van der Waals surface area (Å²) in [5.41, 5.74) is 0.836. The van der Waals surface area contributed by atoms with E-state index in [-0.39, 0.29) is 46.8 Å². The number of carboxylic acids is 1. The molecule has 2 atom stereocenters. The molecule has 2 aromatic rings. The number of rotatable bonds is 10. The van der Waals surface area contributed by atoms with E-state index in [2.05, 4.69) is 0 Å². The van der Waals surface area contributed by atoms with Crippen molar-refractivity contribution in [3.8, 4) is 5.75 Å². The molecular weight excluding hydrogens is 456 g/mol. The number of ether oxygens (including phenoxy) is 1. The summed E-state index contributed by atoms with van der Waals surface area (Å²) < 4.78 is 47.0. The summed E-state index contributed by atoms with van der Waals surface area (Å²) in [5.74, 6) is -0.870. The van der Waals surface area contributed by atoms with Crippen molar-refractivity contribution in [2.45, 2.75) is 43.0 Å². The van der Waals surface area contributed by atoms with Crippen LogP contribution in [0.15, 0.2) is 65.6 Å². The molecule has 3 rings (SSSR count). The Hall–Kier alpha value is -1.71. The van der Waals surface area contributed by atoms with Crippen molar-refractivity contribution < 1.29 is 57.0 Å². The summed E-state index contributed by atoms with van der Waals surface area (Å²) in [6.07, 6.45) is 6.40. The van der Waals surface area contributed by atoms with Gasteiger partial charge in [0, 0.05) is 12.5 Å². The van der Waals surface area contributed by atoms with Gasteiger partial charge in [-0.15, -0.1) is 0 Å². The Morgan fingerprint density at radius 3 is 2.61 bits per heavy atom. The number of benzene rings is 2. The molecule has 0 unspecified atom stereocenters. The van der Waals surface area contributed by atoms with Gasteiger partial charge in [0.15, 0.2) is 0 Å². The molecule has 33 heavy (non-hydrogen) atoms. The molecule has 0 amide bonds. The van der Waals surface area contributed by atoms with Crippen LogP contribution < -0.4 is 39.4 Å². The van der Waals surface area contributed by atoms with Crippen LogP contribution in [0.3, 0.4) is 0 Å². The van der Waals surface area contributed by atoms with E-state index in [1.165, 1.54) is 16.4 Å².